The monoisotopic (exact) mass is 152 g/mol. The van der Waals surface area contributed by atoms with Crippen molar-refractivity contribution in [3.05, 3.63) is 11.6 Å². The summed E-state index contributed by atoms with van der Waals surface area (Å²) in [6.45, 7) is 6.52. The van der Waals surface area contributed by atoms with E-state index in [0.717, 1.165) is 0 Å². The fourth-order valence-electron chi connectivity index (χ4n) is 0.600. The van der Waals surface area contributed by atoms with E-state index in [1.165, 1.54) is 24.8 Å². The second kappa shape index (κ2) is 9.38. The number of allylic oxidation sites excluding steroid dienone is 2. The van der Waals surface area contributed by atoms with E-state index in [1.54, 1.807) is 0 Å². The van der Waals surface area contributed by atoms with E-state index in [0.29, 0.717) is 0 Å². The molecule has 0 aromatic rings. The van der Waals surface area contributed by atoms with Gasteiger partial charge in [0, 0.05) is 0 Å². The first kappa shape index (κ1) is 13.0. The average Bonchev–Trinajstić information content (AvgIpc) is 1.83. The van der Waals surface area contributed by atoms with Crippen molar-refractivity contribution in [1.82, 2.24) is 0 Å². The van der Waals surface area contributed by atoms with Crippen LogP contribution in [0.5, 0.6) is 0 Å². The minimum Gasteiger partial charge on any atom is -1.00 e. The van der Waals surface area contributed by atoms with Crippen molar-refractivity contribution in [3.63, 3.8) is 0 Å². The van der Waals surface area contributed by atoms with Gasteiger partial charge in [0.05, 0.1) is 0 Å². The van der Waals surface area contributed by atoms with Gasteiger partial charge < -0.3 is 1.43 Å². The maximum atomic E-state index is 2.23. The molecule has 0 heterocycles. The third kappa shape index (κ3) is 9.38. The molecule has 0 aromatic carbocycles. The van der Waals surface area contributed by atoms with E-state index in [4.69, 9.17) is 0 Å². The molecule has 0 saturated carbocycles. The van der Waals surface area contributed by atoms with Gasteiger partial charge in [0.2, 0.25) is 0 Å². The molecule has 0 radical (unpaired) electrons. The summed E-state index contributed by atoms with van der Waals surface area (Å²) in [5, 5.41) is 0. The van der Waals surface area contributed by atoms with Crippen LogP contribution in [0, 0.1) is 0 Å². The molecule has 0 fully saturated rings. The molecule has 0 saturated heterocycles. The van der Waals surface area contributed by atoms with Gasteiger partial charge in [-0.15, -0.1) is 0 Å². The van der Waals surface area contributed by atoms with Gasteiger partial charge in [-0.1, -0.05) is 25.0 Å². The summed E-state index contributed by atoms with van der Waals surface area (Å²) in [6.07, 6.45) is 6.13. The predicted molar refractivity (Wildman–Crippen MR) is 40.1 cm³/mol. The topological polar surface area (TPSA) is 0 Å². The zero-order chi connectivity index (χ0) is 6.41. The van der Waals surface area contributed by atoms with Crippen molar-refractivity contribution >= 4 is 0 Å². The van der Waals surface area contributed by atoms with Gasteiger partial charge in [-0.2, -0.15) is 0 Å². The molecular weight excluding hydrogens is 135 g/mol. The molecule has 0 N–H and O–H groups in total. The molecule has 1 heteroatoms. The molecule has 50 valence electrons. The molecule has 0 aliphatic heterocycles. The standard InChI is InChI=1S/C8H16.K.H/c1-4-6-7-8(3)5-2;;/h5H,4,6-7H2,1-3H3;;/q;+1;-1. The van der Waals surface area contributed by atoms with Gasteiger partial charge in [0.15, 0.2) is 0 Å². The average molecular weight is 152 g/mol. The molecule has 0 aromatic heterocycles. The zero-order valence-electron chi connectivity index (χ0n) is 8.20. The minimum absolute atomic E-state index is 0. The first-order chi connectivity index (χ1) is 3.81. The molecular formula is C8H17K. The molecule has 9 heavy (non-hydrogen) atoms. The summed E-state index contributed by atoms with van der Waals surface area (Å²) < 4.78 is 0. The Morgan fingerprint density at radius 3 is 2.44 bits per heavy atom. The van der Waals surface area contributed by atoms with Crippen molar-refractivity contribution in [2.45, 2.75) is 40.0 Å². The Hall–Kier alpha value is 1.38. The Balaban J connectivity index is -0.000000245. The molecule has 0 amide bonds. The molecule has 0 atom stereocenters. The van der Waals surface area contributed by atoms with Crippen LogP contribution in [0.1, 0.15) is 41.5 Å². The third-order valence-electron chi connectivity index (χ3n) is 1.42. The van der Waals surface area contributed by atoms with Crippen LogP contribution in [0.3, 0.4) is 0 Å². The molecule has 0 aliphatic rings. The zero-order valence-corrected chi connectivity index (χ0v) is 10.3. The van der Waals surface area contributed by atoms with Crippen LogP contribution in [0.4, 0.5) is 0 Å². The van der Waals surface area contributed by atoms with E-state index in [1.807, 2.05) is 0 Å². The number of hydrogen-bond donors (Lipinski definition) is 0. The van der Waals surface area contributed by atoms with Crippen molar-refractivity contribution < 1.29 is 52.8 Å². The second-order valence-electron chi connectivity index (χ2n) is 2.24. The van der Waals surface area contributed by atoms with Crippen LogP contribution in [-0.4, -0.2) is 0 Å². The first-order valence-electron chi connectivity index (χ1n) is 3.43. The molecule has 0 unspecified atom stereocenters. The van der Waals surface area contributed by atoms with E-state index in [-0.39, 0.29) is 52.8 Å². The van der Waals surface area contributed by atoms with Crippen molar-refractivity contribution in [3.8, 4) is 0 Å². The van der Waals surface area contributed by atoms with Crippen LogP contribution in [0.2, 0.25) is 0 Å². The van der Waals surface area contributed by atoms with Gasteiger partial charge >= 0.3 is 51.4 Å². The predicted octanol–water partition coefficient (Wildman–Crippen LogP) is 0.259. The summed E-state index contributed by atoms with van der Waals surface area (Å²) in [5.74, 6) is 0. The van der Waals surface area contributed by atoms with Crippen LogP contribution in [0.25, 0.3) is 0 Å². The van der Waals surface area contributed by atoms with Gasteiger partial charge in [-0.25, -0.2) is 0 Å². The van der Waals surface area contributed by atoms with Crippen molar-refractivity contribution in [2.24, 2.45) is 0 Å². The smallest absolute Gasteiger partial charge is 1.00 e. The van der Waals surface area contributed by atoms with E-state index < -0.39 is 0 Å². The molecule has 0 nitrogen and oxygen atoms in total. The van der Waals surface area contributed by atoms with Gasteiger partial charge in [-0.05, 0) is 26.7 Å². The van der Waals surface area contributed by atoms with Crippen molar-refractivity contribution in [2.75, 3.05) is 0 Å². The first-order valence-corrected chi connectivity index (χ1v) is 3.43. The van der Waals surface area contributed by atoms with E-state index in [9.17, 15) is 0 Å². The Morgan fingerprint density at radius 1 is 1.56 bits per heavy atom. The third-order valence-corrected chi connectivity index (χ3v) is 1.42. The van der Waals surface area contributed by atoms with Crippen LogP contribution in [-0.2, 0) is 0 Å². The Morgan fingerprint density at radius 2 is 2.11 bits per heavy atom. The Bertz CT molecular complexity index is 79.3. The Kier molecular flexibility index (Phi) is 13.5. The maximum absolute atomic E-state index is 2.23. The summed E-state index contributed by atoms with van der Waals surface area (Å²) in [6, 6.07) is 0. The van der Waals surface area contributed by atoms with Gasteiger partial charge in [0.1, 0.15) is 0 Å². The quantitative estimate of drug-likeness (QED) is 0.402. The number of unbranched alkanes of at least 4 members (excludes halogenated alkanes) is 1. The molecule has 0 bridgehead atoms. The second-order valence-corrected chi connectivity index (χ2v) is 2.24. The SMILES string of the molecule is CC=C(C)CCCC.[H-].[K+]. The van der Waals surface area contributed by atoms with Gasteiger partial charge in [-0.3, -0.25) is 0 Å². The molecule has 0 rings (SSSR count). The summed E-state index contributed by atoms with van der Waals surface area (Å²) in [4.78, 5) is 0. The summed E-state index contributed by atoms with van der Waals surface area (Å²) in [5.41, 5.74) is 1.52. The Labute approximate surface area is 103 Å². The maximum Gasteiger partial charge on any atom is 1.00 e. The largest absolute Gasteiger partial charge is 1.00 e. The number of hydrogen-bond acceptors (Lipinski definition) is 0. The minimum atomic E-state index is 0. The summed E-state index contributed by atoms with van der Waals surface area (Å²) in [7, 11) is 0. The van der Waals surface area contributed by atoms with E-state index >= 15 is 0 Å². The fraction of sp³-hybridized carbons (Fsp3) is 0.750. The fourth-order valence-corrected chi connectivity index (χ4v) is 0.600. The van der Waals surface area contributed by atoms with E-state index in [2.05, 4.69) is 26.8 Å². The molecule has 0 aliphatic carbocycles. The normalized spacial score (nSPS) is 10.8. The van der Waals surface area contributed by atoms with Crippen LogP contribution < -0.4 is 51.4 Å². The van der Waals surface area contributed by atoms with Crippen molar-refractivity contribution in [1.29, 1.82) is 0 Å². The molecule has 0 spiro atoms. The number of rotatable bonds is 3. The van der Waals surface area contributed by atoms with Crippen LogP contribution >= 0.6 is 0 Å². The van der Waals surface area contributed by atoms with Crippen LogP contribution in [0.15, 0.2) is 11.6 Å². The van der Waals surface area contributed by atoms with Gasteiger partial charge in [0.25, 0.3) is 0 Å². The summed E-state index contributed by atoms with van der Waals surface area (Å²) >= 11 is 0.